The van der Waals surface area contributed by atoms with Crippen LogP contribution in [0, 0.1) is 25.2 Å². The number of fused-ring (bicyclic) bond motifs is 1. The zero-order chi connectivity index (χ0) is 15.0. The Bertz CT molecular complexity index is 876. The van der Waals surface area contributed by atoms with Crippen molar-refractivity contribution in [1.29, 1.82) is 5.26 Å². The number of nitrogen functional groups attached to an aromatic ring is 1. The number of nitriles is 1. The number of benzene rings is 1. The molecule has 2 heterocycles. The first-order valence-corrected chi connectivity index (χ1v) is 7.20. The SMILES string of the molecule is Cc1cc(C)c(C#N)c(Sc2nc3ccc(N)cc3[nH]2)n1. The summed E-state index contributed by atoms with van der Waals surface area (Å²) in [5.74, 6) is 0. The van der Waals surface area contributed by atoms with Gasteiger partial charge in [0.1, 0.15) is 11.1 Å². The Morgan fingerprint density at radius 1 is 1.24 bits per heavy atom. The van der Waals surface area contributed by atoms with Gasteiger partial charge in [-0.1, -0.05) is 0 Å². The van der Waals surface area contributed by atoms with Crippen LogP contribution in [0.2, 0.25) is 0 Å². The normalized spacial score (nSPS) is 10.7. The molecule has 0 aliphatic heterocycles. The second-order valence-corrected chi connectivity index (χ2v) is 5.77. The topological polar surface area (TPSA) is 91.4 Å². The van der Waals surface area contributed by atoms with E-state index in [1.807, 2.05) is 38.1 Å². The fourth-order valence-corrected chi connectivity index (χ4v) is 3.14. The van der Waals surface area contributed by atoms with Crippen molar-refractivity contribution in [3.8, 4) is 6.07 Å². The molecular formula is C15H13N5S. The number of hydrogen-bond donors (Lipinski definition) is 2. The van der Waals surface area contributed by atoms with Gasteiger partial charge in [0.15, 0.2) is 5.16 Å². The molecule has 0 aliphatic carbocycles. The number of aryl methyl sites for hydroxylation is 2. The molecule has 0 saturated heterocycles. The molecule has 3 aromatic rings. The Kier molecular flexibility index (Phi) is 3.28. The summed E-state index contributed by atoms with van der Waals surface area (Å²) in [6.07, 6.45) is 0. The number of imidazole rings is 1. The van der Waals surface area contributed by atoms with Crippen LogP contribution >= 0.6 is 11.8 Å². The summed E-state index contributed by atoms with van der Waals surface area (Å²) < 4.78 is 0. The quantitative estimate of drug-likeness (QED) is 0.708. The number of aromatic nitrogens is 3. The molecule has 0 aliphatic rings. The van der Waals surface area contributed by atoms with E-state index in [0.717, 1.165) is 22.3 Å². The first-order chi connectivity index (χ1) is 10.1. The van der Waals surface area contributed by atoms with Crippen LogP contribution in [0.3, 0.4) is 0 Å². The Balaban J connectivity index is 2.04. The molecule has 21 heavy (non-hydrogen) atoms. The molecule has 0 amide bonds. The van der Waals surface area contributed by atoms with Crippen LogP contribution in [0.1, 0.15) is 16.8 Å². The molecule has 5 nitrogen and oxygen atoms in total. The Hall–Kier alpha value is -2.52. The highest BCUT2D eigenvalue weighted by Gasteiger charge is 2.12. The zero-order valence-corrected chi connectivity index (χ0v) is 12.5. The highest BCUT2D eigenvalue weighted by atomic mass is 32.2. The average Bonchev–Trinajstić information content (AvgIpc) is 2.79. The molecule has 0 spiro atoms. The van der Waals surface area contributed by atoms with Gasteiger partial charge in [0.2, 0.25) is 0 Å². The first kappa shape index (κ1) is 13.5. The molecule has 3 N–H and O–H groups in total. The van der Waals surface area contributed by atoms with Crippen LogP contribution in [0.4, 0.5) is 5.69 Å². The van der Waals surface area contributed by atoms with Crippen molar-refractivity contribution in [2.75, 3.05) is 5.73 Å². The van der Waals surface area contributed by atoms with Gasteiger partial charge in [-0.25, -0.2) is 9.97 Å². The van der Waals surface area contributed by atoms with Crippen LogP contribution in [-0.4, -0.2) is 15.0 Å². The van der Waals surface area contributed by atoms with E-state index >= 15 is 0 Å². The summed E-state index contributed by atoms with van der Waals surface area (Å²) >= 11 is 1.36. The average molecular weight is 295 g/mol. The van der Waals surface area contributed by atoms with Crippen LogP contribution < -0.4 is 5.73 Å². The van der Waals surface area contributed by atoms with E-state index in [2.05, 4.69) is 21.0 Å². The predicted molar refractivity (Wildman–Crippen MR) is 83.1 cm³/mol. The number of nitrogens with two attached hydrogens (primary N) is 1. The molecule has 6 heteroatoms. The molecule has 0 bridgehead atoms. The third-order valence-corrected chi connectivity index (χ3v) is 3.98. The van der Waals surface area contributed by atoms with Gasteiger partial charge in [-0.2, -0.15) is 5.26 Å². The minimum Gasteiger partial charge on any atom is -0.399 e. The minimum absolute atomic E-state index is 0.588. The number of hydrogen-bond acceptors (Lipinski definition) is 5. The Morgan fingerprint density at radius 3 is 2.81 bits per heavy atom. The number of H-pyrrole nitrogens is 1. The molecule has 0 radical (unpaired) electrons. The smallest absolute Gasteiger partial charge is 0.172 e. The zero-order valence-electron chi connectivity index (χ0n) is 11.6. The van der Waals surface area contributed by atoms with Crippen molar-refractivity contribution in [2.45, 2.75) is 24.0 Å². The standard InChI is InChI=1S/C15H13N5S/c1-8-5-9(2)18-14(11(8)7-16)21-15-19-12-4-3-10(17)6-13(12)20-15/h3-6H,17H2,1-2H3,(H,19,20). The first-order valence-electron chi connectivity index (χ1n) is 6.38. The van der Waals surface area contributed by atoms with Crippen molar-refractivity contribution in [3.05, 3.63) is 41.1 Å². The largest absolute Gasteiger partial charge is 0.399 e. The van der Waals surface area contributed by atoms with Crippen LogP contribution in [0.15, 0.2) is 34.4 Å². The van der Waals surface area contributed by atoms with Gasteiger partial charge in [0.25, 0.3) is 0 Å². The maximum Gasteiger partial charge on any atom is 0.172 e. The van der Waals surface area contributed by atoms with E-state index in [-0.39, 0.29) is 0 Å². The molecule has 0 saturated carbocycles. The summed E-state index contributed by atoms with van der Waals surface area (Å²) in [6.45, 7) is 3.83. The van der Waals surface area contributed by atoms with Gasteiger partial charge in [0, 0.05) is 11.4 Å². The second-order valence-electron chi connectivity index (χ2n) is 4.79. The molecular weight excluding hydrogens is 282 g/mol. The summed E-state index contributed by atoms with van der Waals surface area (Å²) in [4.78, 5) is 12.1. The fourth-order valence-electron chi connectivity index (χ4n) is 2.16. The van der Waals surface area contributed by atoms with E-state index in [4.69, 9.17) is 5.73 Å². The Morgan fingerprint density at radius 2 is 2.05 bits per heavy atom. The minimum atomic E-state index is 0.588. The number of rotatable bonds is 2. The van der Waals surface area contributed by atoms with Crippen LogP contribution in [0.25, 0.3) is 11.0 Å². The lowest BCUT2D eigenvalue weighted by molar-refractivity contribution is 1.01. The van der Waals surface area contributed by atoms with Gasteiger partial charge in [0.05, 0.1) is 16.6 Å². The molecule has 104 valence electrons. The van der Waals surface area contributed by atoms with Crippen molar-refractivity contribution >= 4 is 28.5 Å². The lowest BCUT2D eigenvalue weighted by Gasteiger charge is -2.05. The number of nitrogens with zero attached hydrogens (tertiary/aromatic N) is 3. The third kappa shape index (κ3) is 2.56. The van der Waals surface area contributed by atoms with E-state index in [1.165, 1.54) is 11.8 Å². The van der Waals surface area contributed by atoms with Crippen LogP contribution in [-0.2, 0) is 0 Å². The lowest BCUT2D eigenvalue weighted by Crippen LogP contribution is -1.94. The maximum atomic E-state index is 9.29. The summed E-state index contributed by atoms with van der Waals surface area (Å²) in [5, 5.41) is 10.7. The molecule has 0 fully saturated rings. The molecule has 0 atom stereocenters. The van der Waals surface area contributed by atoms with E-state index in [9.17, 15) is 5.26 Å². The van der Waals surface area contributed by atoms with Crippen molar-refractivity contribution < 1.29 is 0 Å². The number of aromatic amines is 1. The van der Waals surface area contributed by atoms with Gasteiger partial charge in [-0.05, 0) is 55.4 Å². The molecule has 3 rings (SSSR count). The monoisotopic (exact) mass is 295 g/mol. The van der Waals surface area contributed by atoms with Gasteiger partial charge >= 0.3 is 0 Å². The lowest BCUT2D eigenvalue weighted by atomic mass is 10.1. The number of pyridine rings is 1. The predicted octanol–water partition coefficient (Wildman–Crippen LogP) is 3.18. The molecule has 1 aromatic carbocycles. The highest BCUT2D eigenvalue weighted by Crippen LogP contribution is 2.30. The van der Waals surface area contributed by atoms with Gasteiger partial charge < -0.3 is 10.7 Å². The van der Waals surface area contributed by atoms with E-state index in [1.54, 1.807) is 0 Å². The molecule has 0 unspecified atom stereocenters. The molecule has 2 aromatic heterocycles. The van der Waals surface area contributed by atoms with Gasteiger partial charge in [-0.15, -0.1) is 0 Å². The van der Waals surface area contributed by atoms with E-state index < -0.39 is 0 Å². The maximum absolute atomic E-state index is 9.29. The second kappa shape index (κ2) is 5.11. The van der Waals surface area contributed by atoms with Crippen molar-refractivity contribution in [1.82, 2.24) is 15.0 Å². The van der Waals surface area contributed by atoms with E-state index in [0.29, 0.717) is 21.4 Å². The third-order valence-electron chi connectivity index (χ3n) is 3.10. The van der Waals surface area contributed by atoms with Gasteiger partial charge in [-0.3, -0.25) is 0 Å². The fraction of sp³-hybridized carbons (Fsp3) is 0.133. The summed E-state index contributed by atoms with van der Waals surface area (Å²) in [6, 6.07) is 9.63. The highest BCUT2D eigenvalue weighted by molar-refractivity contribution is 7.99. The Labute approximate surface area is 126 Å². The number of anilines is 1. The van der Waals surface area contributed by atoms with Crippen molar-refractivity contribution in [2.24, 2.45) is 0 Å². The number of nitrogens with one attached hydrogen (secondary N) is 1. The van der Waals surface area contributed by atoms with Crippen LogP contribution in [0.5, 0.6) is 0 Å². The van der Waals surface area contributed by atoms with Crippen molar-refractivity contribution in [3.63, 3.8) is 0 Å². The summed E-state index contributed by atoms with van der Waals surface area (Å²) in [7, 11) is 0. The summed E-state index contributed by atoms with van der Waals surface area (Å²) in [5.41, 5.74) is 10.6.